The van der Waals surface area contributed by atoms with Gasteiger partial charge in [-0.2, -0.15) is 0 Å². The molecule has 0 atom stereocenters. The molecule has 0 spiro atoms. The highest BCUT2D eigenvalue weighted by atomic mass is 35.5. The lowest BCUT2D eigenvalue weighted by Crippen LogP contribution is -1.89. The number of aryl methyl sites for hydroxylation is 1. The van der Waals surface area contributed by atoms with E-state index in [0.717, 1.165) is 12.0 Å². The van der Waals surface area contributed by atoms with E-state index >= 15 is 0 Å². The molecule has 0 unspecified atom stereocenters. The zero-order valence-corrected chi connectivity index (χ0v) is 8.41. The standard InChI is InChI=1S/C10H9ClN2O/c1-2-6-5-8-9(13-10(6)14)7(11)3-4-12-8/h3-5H,2H2,1H3,(H,13,14). The van der Waals surface area contributed by atoms with Crippen LogP contribution in [0.5, 0.6) is 5.88 Å². The summed E-state index contributed by atoms with van der Waals surface area (Å²) in [4.78, 5) is 8.14. The summed E-state index contributed by atoms with van der Waals surface area (Å²) >= 11 is 5.91. The quantitative estimate of drug-likeness (QED) is 0.784. The van der Waals surface area contributed by atoms with Gasteiger partial charge in [-0.25, -0.2) is 4.98 Å². The highest BCUT2D eigenvalue weighted by Crippen LogP contribution is 2.24. The number of nitrogens with zero attached hydrogens (tertiary/aromatic N) is 2. The molecule has 0 aliphatic rings. The van der Waals surface area contributed by atoms with Crippen molar-refractivity contribution < 1.29 is 5.11 Å². The molecule has 0 bridgehead atoms. The molecule has 0 amide bonds. The monoisotopic (exact) mass is 208 g/mol. The van der Waals surface area contributed by atoms with Gasteiger partial charge in [0.05, 0.1) is 10.5 Å². The van der Waals surface area contributed by atoms with E-state index in [1.54, 1.807) is 12.3 Å². The summed E-state index contributed by atoms with van der Waals surface area (Å²) in [6.07, 6.45) is 2.35. The fourth-order valence-electron chi connectivity index (χ4n) is 1.33. The summed E-state index contributed by atoms with van der Waals surface area (Å²) in [6.45, 7) is 1.95. The van der Waals surface area contributed by atoms with E-state index in [1.165, 1.54) is 0 Å². The first kappa shape index (κ1) is 9.21. The maximum absolute atomic E-state index is 9.54. The Labute approximate surface area is 86.4 Å². The molecule has 2 rings (SSSR count). The molecule has 0 saturated heterocycles. The first-order chi connectivity index (χ1) is 6.72. The molecule has 0 aliphatic carbocycles. The van der Waals surface area contributed by atoms with E-state index in [0.29, 0.717) is 16.1 Å². The smallest absolute Gasteiger partial charge is 0.214 e. The third-order valence-corrected chi connectivity index (χ3v) is 2.41. The second-order valence-corrected chi connectivity index (χ2v) is 3.39. The predicted molar refractivity (Wildman–Crippen MR) is 55.6 cm³/mol. The number of fused-ring (bicyclic) bond motifs is 1. The van der Waals surface area contributed by atoms with Gasteiger partial charge in [0.25, 0.3) is 0 Å². The van der Waals surface area contributed by atoms with Crippen LogP contribution in [-0.4, -0.2) is 15.1 Å². The number of rotatable bonds is 1. The third-order valence-electron chi connectivity index (χ3n) is 2.10. The molecule has 72 valence electrons. The van der Waals surface area contributed by atoms with Crippen LogP contribution in [0.25, 0.3) is 11.0 Å². The van der Waals surface area contributed by atoms with Crippen LogP contribution in [0.1, 0.15) is 12.5 Å². The molecule has 0 saturated carbocycles. The molecule has 2 aromatic heterocycles. The van der Waals surface area contributed by atoms with E-state index in [4.69, 9.17) is 11.6 Å². The molecule has 0 aliphatic heterocycles. The summed E-state index contributed by atoms with van der Waals surface area (Å²) in [5.74, 6) is 0.0369. The summed E-state index contributed by atoms with van der Waals surface area (Å²) in [6, 6.07) is 3.46. The van der Waals surface area contributed by atoms with E-state index in [-0.39, 0.29) is 5.88 Å². The lowest BCUT2D eigenvalue weighted by molar-refractivity contribution is 0.449. The Balaban J connectivity index is 2.79. The first-order valence-electron chi connectivity index (χ1n) is 4.35. The molecule has 0 radical (unpaired) electrons. The van der Waals surface area contributed by atoms with Gasteiger partial charge in [-0.3, -0.25) is 4.98 Å². The molecule has 3 nitrogen and oxygen atoms in total. The molecule has 0 aromatic carbocycles. The highest BCUT2D eigenvalue weighted by Gasteiger charge is 2.06. The van der Waals surface area contributed by atoms with Crippen LogP contribution in [0.3, 0.4) is 0 Å². The van der Waals surface area contributed by atoms with Crippen molar-refractivity contribution in [3.63, 3.8) is 0 Å². The third kappa shape index (κ3) is 1.40. The van der Waals surface area contributed by atoms with E-state index < -0.39 is 0 Å². The SMILES string of the molecule is CCc1cc2nccc(Cl)c2nc1O. The minimum absolute atomic E-state index is 0.0369. The van der Waals surface area contributed by atoms with E-state index in [9.17, 15) is 5.11 Å². The molecule has 2 aromatic rings. The van der Waals surface area contributed by atoms with Crippen molar-refractivity contribution in [1.29, 1.82) is 0 Å². The lowest BCUT2D eigenvalue weighted by atomic mass is 10.2. The average Bonchev–Trinajstić information content (AvgIpc) is 2.19. The maximum atomic E-state index is 9.54. The van der Waals surface area contributed by atoms with Crippen molar-refractivity contribution in [2.24, 2.45) is 0 Å². The fraction of sp³-hybridized carbons (Fsp3) is 0.200. The van der Waals surface area contributed by atoms with Crippen LogP contribution in [0.4, 0.5) is 0 Å². The van der Waals surface area contributed by atoms with Crippen molar-refractivity contribution in [1.82, 2.24) is 9.97 Å². The Morgan fingerprint density at radius 3 is 3.00 bits per heavy atom. The van der Waals surface area contributed by atoms with Crippen molar-refractivity contribution in [3.05, 3.63) is 28.9 Å². The largest absolute Gasteiger partial charge is 0.493 e. The minimum Gasteiger partial charge on any atom is -0.493 e. The van der Waals surface area contributed by atoms with Crippen LogP contribution >= 0.6 is 11.6 Å². The molecular weight excluding hydrogens is 200 g/mol. The Morgan fingerprint density at radius 1 is 1.50 bits per heavy atom. The number of pyridine rings is 2. The van der Waals surface area contributed by atoms with Gasteiger partial charge >= 0.3 is 0 Å². The summed E-state index contributed by atoms with van der Waals surface area (Å²) in [5.41, 5.74) is 2.04. The van der Waals surface area contributed by atoms with Gasteiger partial charge in [0.1, 0.15) is 5.52 Å². The molecule has 14 heavy (non-hydrogen) atoms. The molecule has 4 heteroatoms. The van der Waals surface area contributed by atoms with Crippen LogP contribution in [0.2, 0.25) is 5.02 Å². The van der Waals surface area contributed by atoms with Crippen LogP contribution < -0.4 is 0 Å². The maximum Gasteiger partial charge on any atom is 0.214 e. The highest BCUT2D eigenvalue weighted by molar-refractivity contribution is 6.34. The van der Waals surface area contributed by atoms with Crippen LogP contribution in [-0.2, 0) is 6.42 Å². The second-order valence-electron chi connectivity index (χ2n) is 2.99. The number of aromatic hydroxyl groups is 1. The Bertz CT molecular complexity index is 485. The van der Waals surface area contributed by atoms with Crippen molar-refractivity contribution in [2.75, 3.05) is 0 Å². The molecular formula is C10H9ClN2O. The van der Waals surface area contributed by atoms with Gasteiger partial charge in [0.15, 0.2) is 0 Å². The van der Waals surface area contributed by atoms with Gasteiger partial charge < -0.3 is 5.11 Å². The van der Waals surface area contributed by atoms with E-state index in [2.05, 4.69) is 9.97 Å². The topological polar surface area (TPSA) is 46.0 Å². The van der Waals surface area contributed by atoms with Gasteiger partial charge in [-0.1, -0.05) is 18.5 Å². The lowest BCUT2D eigenvalue weighted by Gasteiger charge is -2.03. The Kier molecular flexibility index (Phi) is 2.25. The van der Waals surface area contributed by atoms with Crippen LogP contribution in [0, 0.1) is 0 Å². The zero-order chi connectivity index (χ0) is 10.1. The zero-order valence-electron chi connectivity index (χ0n) is 7.66. The van der Waals surface area contributed by atoms with Gasteiger partial charge in [0.2, 0.25) is 5.88 Å². The average molecular weight is 209 g/mol. The number of halogens is 1. The summed E-state index contributed by atoms with van der Waals surface area (Å²) in [5, 5.41) is 10.0. The number of hydrogen-bond acceptors (Lipinski definition) is 3. The fourth-order valence-corrected chi connectivity index (χ4v) is 1.52. The molecule has 1 N–H and O–H groups in total. The van der Waals surface area contributed by atoms with Gasteiger partial charge in [-0.05, 0) is 18.6 Å². The number of aromatic nitrogens is 2. The number of hydrogen-bond donors (Lipinski definition) is 1. The van der Waals surface area contributed by atoms with Crippen molar-refractivity contribution >= 4 is 22.6 Å². The van der Waals surface area contributed by atoms with E-state index in [1.807, 2.05) is 13.0 Å². The summed E-state index contributed by atoms with van der Waals surface area (Å²) in [7, 11) is 0. The Morgan fingerprint density at radius 2 is 2.29 bits per heavy atom. The minimum atomic E-state index is 0.0369. The first-order valence-corrected chi connectivity index (χ1v) is 4.73. The molecule has 2 heterocycles. The van der Waals surface area contributed by atoms with Gasteiger partial charge in [-0.15, -0.1) is 0 Å². The summed E-state index contributed by atoms with van der Waals surface area (Å²) < 4.78 is 0. The van der Waals surface area contributed by atoms with Gasteiger partial charge in [0, 0.05) is 11.8 Å². The normalized spacial score (nSPS) is 10.7. The predicted octanol–water partition coefficient (Wildman–Crippen LogP) is 2.55. The Hall–Kier alpha value is -1.35. The molecule has 0 fully saturated rings. The van der Waals surface area contributed by atoms with Crippen molar-refractivity contribution in [3.8, 4) is 5.88 Å². The van der Waals surface area contributed by atoms with Crippen molar-refractivity contribution in [2.45, 2.75) is 13.3 Å². The second kappa shape index (κ2) is 3.42. The van der Waals surface area contributed by atoms with Crippen LogP contribution in [0.15, 0.2) is 18.3 Å².